The molecule has 7 heteroatoms. The van der Waals surface area contributed by atoms with Crippen LogP contribution in [0.2, 0.25) is 0 Å². The first-order valence-corrected chi connectivity index (χ1v) is 10.3. The number of nitrogens with zero attached hydrogens (tertiary/aromatic N) is 4. The molecule has 2 aromatic carbocycles. The Labute approximate surface area is 167 Å². The van der Waals surface area contributed by atoms with Gasteiger partial charge in [0.05, 0.1) is 0 Å². The van der Waals surface area contributed by atoms with Gasteiger partial charge in [-0.2, -0.15) is 4.98 Å². The maximum absolute atomic E-state index is 5.34. The Morgan fingerprint density at radius 1 is 0.964 bits per heavy atom. The summed E-state index contributed by atoms with van der Waals surface area (Å²) in [5.41, 5.74) is 3.33. The largest absolute Gasteiger partial charge is 0.339 e. The van der Waals surface area contributed by atoms with Gasteiger partial charge in [0.1, 0.15) is 0 Å². The van der Waals surface area contributed by atoms with Gasteiger partial charge in [-0.1, -0.05) is 78.4 Å². The summed E-state index contributed by atoms with van der Waals surface area (Å²) in [5.74, 6) is 2.98. The summed E-state index contributed by atoms with van der Waals surface area (Å²) >= 11 is 1.62. The van der Waals surface area contributed by atoms with E-state index in [1.165, 1.54) is 5.56 Å². The number of benzene rings is 2. The molecule has 0 aliphatic heterocycles. The van der Waals surface area contributed by atoms with Gasteiger partial charge in [-0.25, -0.2) is 4.98 Å². The van der Waals surface area contributed by atoms with Crippen molar-refractivity contribution in [2.45, 2.75) is 31.3 Å². The number of thioether (sulfide) groups is 1. The normalized spacial score (nSPS) is 11.0. The minimum atomic E-state index is 0.635. The number of aromatic nitrogens is 5. The predicted molar refractivity (Wildman–Crippen MR) is 110 cm³/mol. The SMILES string of the molecule is CCc1ccc(-c2nc(SCCCc3nc(-c4ccccc4)no3)n[nH]2)cc1. The number of aryl methyl sites for hydroxylation is 2. The van der Waals surface area contributed by atoms with Crippen LogP contribution in [0.1, 0.15) is 24.8 Å². The van der Waals surface area contributed by atoms with Crippen molar-refractivity contribution in [2.24, 2.45) is 0 Å². The van der Waals surface area contributed by atoms with E-state index in [0.717, 1.165) is 47.1 Å². The Morgan fingerprint density at radius 3 is 2.57 bits per heavy atom. The zero-order chi connectivity index (χ0) is 19.2. The summed E-state index contributed by atoms with van der Waals surface area (Å²) in [7, 11) is 0. The second-order valence-electron chi connectivity index (χ2n) is 6.35. The molecule has 0 saturated heterocycles. The van der Waals surface area contributed by atoms with E-state index in [-0.39, 0.29) is 0 Å². The molecule has 0 aliphatic rings. The maximum atomic E-state index is 5.34. The molecular weight excluding hydrogens is 370 g/mol. The van der Waals surface area contributed by atoms with Crippen LogP contribution in [-0.2, 0) is 12.8 Å². The van der Waals surface area contributed by atoms with Crippen molar-refractivity contribution in [1.82, 2.24) is 25.3 Å². The summed E-state index contributed by atoms with van der Waals surface area (Å²) < 4.78 is 5.34. The zero-order valence-electron chi connectivity index (χ0n) is 15.6. The van der Waals surface area contributed by atoms with Gasteiger partial charge in [-0.3, -0.25) is 5.10 Å². The molecule has 4 rings (SSSR count). The van der Waals surface area contributed by atoms with E-state index in [1.54, 1.807) is 11.8 Å². The molecule has 0 spiro atoms. The van der Waals surface area contributed by atoms with Crippen LogP contribution in [0.5, 0.6) is 0 Å². The van der Waals surface area contributed by atoms with Crippen molar-refractivity contribution < 1.29 is 4.52 Å². The third kappa shape index (κ3) is 4.48. The molecule has 2 aromatic heterocycles. The second kappa shape index (κ2) is 8.84. The fourth-order valence-corrected chi connectivity index (χ4v) is 3.52. The monoisotopic (exact) mass is 391 g/mol. The van der Waals surface area contributed by atoms with E-state index in [1.807, 2.05) is 30.3 Å². The zero-order valence-corrected chi connectivity index (χ0v) is 16.4. The smallest absolute Gasteiger partial charge is 0.226 e. The topological polar surface area (TPSA) is 80.5 Å². The standard InChI is InChI=1S/C21H21N5OS/c1-2-15-10-12-17(13-11-15)19-23-21(25-24-19)28-14-6-9-18-22-20(26-27-18)16-7-4-3-5-8-16/h3-5,7-8,10-13H,2,6,9,14H2,1H3,(H,23,24,25). The Morgan fingerprint density at radius 2 is 1.79 bits per heavy atom. The summed E-state index contributed by atoms with van der Waals surface area (Å²) in [6, 6.07) is 18.2. The highest BCUT2D eigenvalue weighted by molar-refractivity contribution is 7.99. The van der Waals surface area contributed by atoms with Crippen LogP contribution in [0.25, 0.3) is 22.8 Å². The van der Waals surface area contributed by atoms with E-state index in [4.69, 9.17) is 4.52 Å². The molecule has 0 bridgehead atoms. The Kier molecular flexibility index (Phi) is 5.82. The van der Waals surface area contributed by atoms with Crippen molar-refractivity contribution in [3.05, 3.63) is 66.1 Å². The molecular formula is C21H21N5OS. The van der Waals surface area contributed by atoms with Crippen LogP contribution in [0.15, 0.2) is 64.3 Å². The highest BCUT2D eigenvalue weighted by atomic mass is 32.2. The fourth-order valence-electron chi connectivity index (χ4n) is 2.79. The maximum Gasteiger partial charge on any atom is 0.226 e. The summed E-state index contributed by atoms with van der Waals surface area (Å²) in [5, 5.41) is 12.1. The van der Waals surface area contributed by atoms with E-state index in [0.29, 0.717) is 11.7 Å². The Hall–Kier alpha value is -2.93. The predicted octanol–water partition coefficient (Wildman–Crippen LogP) is 4.81. The van der Waals surface area contributed by atoms with E-state index in [9.17, 15) is 0 Å². The first-order valence-electron chi connectivity index (χ1n) is 9.34. The average molecular weight is 392 g/mol. The number of hydrogen-bond acceptors (Lipinski definition) is 6. The van der Waals surface area contributed by atoms with Gasteiger partial charge in [0.25, 0.3) is 0 Å². The van der Waals surface area contributed by atoms with Gasteiger partial charge in [0.2, 0.25) is 16.9 Å². The molecule has 0 radical (unpaired) electrons. The quantitative estimate of drug-likeness (QED) is 0.343. The van der Waals surface area contributed by atoms with Gasteiger partial charge in [-0.05, 0) is 18.4 Å². The van der Waals surface area contributed by atoms with Gasteiger partial charge < -0.3 is 4.52 Å². The van der Waals surface area contributed by atoms with Crippen molar-refractivity contribution in [2.75, 3.05) is 5.75 Å². The fraction of sp³-hybridized carbons (Fsp3) is 0.238. The van der Waals surface area contributed by atoms with Crippen molar-refractivity contribution in [1.29, 1.82) is 0 Å². The van der Waals surface area contributed by atoms with E-state index < -0.39 is 0 Å². The van der Waals surface area contributed by atoms with Gasteiger partial charge in [0, 0.05) is 23.3 Å². The third-order valence-electron chi connectivity index (χ3n) is 4.37. The third-order valence-corrected chi connectivity index (χ3v) is 5.30. The first kappa shape index (κ1) is 18.4. The van der Waals surface area contributed by atoms with Crippen LogP contribution >= 0.6 is 11.8 Å². The number of hydrogen-bond donors (Lipinski definition) is 1. The summed E-state index contributed by atoms with van der Waals surface area (Å²) in [6.07, 6.45) is 2.68. The molecule has 0 atom stereocenters. The molecule has 6 nitrogen and oxygen atoms in total. The van der Waals surface area contributed by atoms with Crippen LogP contribution in [0.3, 0.4) is 0 Å². The first-order chi connectivity index (χ1) is 13.8. The molecule has 0 aliphatic carbocycles. The molecule has 0 saturated carbocycles. The molecule has 1 N–H and O–H groups in total. The van der Waals surface area contributed by atoms with Crippen LogP contribution < -0.4 is 0 Å². The lowest BCUT2D eigenvalue weighted by Gasteiger charge is -1.98. The second-order valence-corrected chi connectivity index (χ2v) is 7.41. The number of nitrogens with one attached hydrogen (secondary N) is 1. The van der Waals surface area contributed by atoms with E-state index >= 15 is 0 Å². The van der Waals surface area contributed by atoms with Crippen molar-refractivity contribution >= 4 is 11.8 Å². The lowest BCUT2D eigenvalue weighted by atomic mass is 10.1. The van der Waals surface area contributed by atoms with Crippen LogP contribution in [-0.4, -0.2) is 31.1 Å². The molecule has 4 aromatic rings. The number of aromatic amines is 1. The van der Waals surface area contributed by atoms with Gasteiger partial charge in [0.15, 0.2) is 5.82 Å². The van der Waals surface area contributed by atoms with E-state index in [2.05, 4.69) is 56.5 Å². The summed E-state index contributed by atoms with van der Waals surface area (Å²) in [4.78, 5) is 9.03. The highest BCUT2D eigenvalue weighted by Crippen LogP contribution is 2.21. The lowest BCUT2D eigenvalue weighted by molar-refractivity contribution is 0.378. The van der Waals surface area contributed by atoms with Gasteiger partial charge in [-0.15, -0.1) is 5.10 Å². The minimum Gasteiger partial charge on any atom is -0.339 e. The van der Waals surface area contributed by atoms with Crippen molar-refractivity contribution in [3.63, 3.8) is 0 Å². The average Bonchev–Trinajstić information content (AvgIpc) is 3.42. The van der Waals surface area contributed by atoms with Crippen LogP contribution in [0, 0.1) is 0 Å². The molecule has 0 unspecified atom stereocenters. The number of H-pyrrole nitrogens is 1. The Balaban J connectivity index is 1.27. The van der Waals surface area contributed by atoms with Gasteiger partial charge >= 0.3 is 0 Å². The minimum absolute atomic E-state index is 0.635. The van der Waals surface area contributed by atoms with Crippen molar-refractivity contribution in [3.8, 4) is 22.8 Å². The molecule has 0 fully saturated rings. The molecule has 2 heterocycles. The van der Waals surface area contributed by atoms with Crippen LogP contribution in [0.4, 0.5) is 0 Å². The molecule has 142 valence electrons. The molecule has 0 amide bonds. The lowest BCUT2D eigenvalue weighted by Crippen LogP contribution is -1.89. The highest BCUT2D eigenvalue weighted by Gasteiger charge is 2.09. The Bertz CT molecular complexity index is 1010. The summed E-state index contributed by atoms with van der Waals surface area (Å²) in [6.45, 7) is 2.15. The number of rotatable bonds is 8. The molecule has 28 heavy (non-hydrogen) atoms.